The van der Waals surface area contributed by atoms with Gasteiger partial charge in [0.25, 0.3) is 5.91 Å². The molecule has 6 nitrogen and oxygen atoms in total. The van der Waals surface area contributed by atoms with Crippen LogP contribution < -0.4 is 14.2 Å². The van der Waals surface area contributed by atoms with Gasteiger partial charge in [-0.2, -0.15) is 0 Å². The first-order valence-corrected chi connectivity index (χ1v) is 11.1. The van der Waals surface area contributed by atoms with Gasteiger partial charge in [0.15, 0.2) is 11.5 Å². The zero-order valence-electron chi connectivity index (χ0n) is 19.4. The average Bonchev–Trinajstić information content (AvgIpc) is 2.89. The minimum Gasteiger partial charge on any atom is -0.493 e. The number of hydrogen-bond acceptors (Lipinski definition) is 5. The molecule has 0 bridgehead atoms. The van der Waals surface area contributed by atoms with Crippen molar-refractivity contribution in [2.75, 3.05) is 47.5 Å². The molecule has 0 saturated carbocycles. The van der Waals surface area contributed by atoms with Gasteiger partial charge in [-0.3, -0.25) is 9.69 Å². The highest BCUT2D eigenvalue weighted by Crippen LogP contribution is 2.40. The summed E-state index contributed by atoms with van der Waals surface area (Å²) in [5.41, 5.74) is 2.99. The standard InChI is InChI=1S/C27H30N2O4/c1-31-23-15-14-22(25(32-2)26(23)33-3)27(30)29-18-16-28(17-19-29)24(20-10-6-4-7-11-20)21-12-8-5-9-13-21/h4-15,24H,16-19H2,1-3H3. The van der Waals surface area contributed by atoms with Gasteiger partial charge in [-0.15, -0.1) is 0 Å². The summed E-state index contributed by atoms with van der Waals surface area (Å²) in [4.78, 5) is 17.7. The number of ether oxygens (including phenoxy) is 3. The number of carbonyl (C=O) groups excluding carboxylic acids is 1. The van der Waals surface area contributed by atoms with Crippen LogP contribution in [0.1, 0.15) is 27.5 Å². The van der Waals surface area contributed by atoms with Crippen molar-refractivity contribution in [3.05, 3.63) is 89.5 Å². The number of hydrogen-bond donors (Lipinski definition) is 0. The van der Waals surface area contributed by atoms with Crippen molar-refractivity contribution in [3.63, 3.8) is 0 Å². The van der Waals surface area contributed by atoms with Crippen molar-refractivity contribution in [1.82, 2.24) is 9.80 Å². The number of amides is 1. The number of piperazine rings is 1. The zero-order chi connectivity index (χ0) is 23.2. The highest BCUT2D eigenvalue weighted by Gasteiger charge is 2.30. The van der Waals surface area contributed by atoms with E-state index in [1.807, 2.05) is 17.0 Å². The molecule has 0 N–H and O–H groups in total. The van der Waals surface area contributed by atoms with E-state index in [0.29, 0.717) is 35.9 Å². The van der Waals surface area contributed by atoms with Crippen LogP contribution in [-0.4, -0.2) is 63.2 Å². The molecule has 1 fully saturated rings. The fraction of sp³-hybridized carbons (Fsp3) is 0.296. The van der Waals surface area contributed by atoms with Crippen LogP contribution in [0.15, 0.2) is 72.8 Å². The molecular weight excluding hydrogens is 416 g/mol. The predicted octanol–water partition coefficient (Wildman–Crippen LogP) is 4.26. The minimum absolute atomic E-state index is 0.0663. The van der Waals surface area contributed by atoms with Crippen molar-refractivity contribution >= 4 is 5.91 Å². The third-order valence-electron chi connectivity index (χ3n) is 6.13. The second-order valence-electron chi connectivity index (χ2n) is 7.93. The topological polar surface area (TPSA) is 51.2 Å². The van der Waals surface area contributed by atoms with Crippen LogP contribution in [-0.2, 0) is 0 Å². The molecule has 1 heterocycles. The van der Waals surface area contributed by atoms with E-state index >= 15 is 0 Å². The molecule has 172 valence electrons. The largest absolute Gasteiger partial charge is 0.493 e. The number of benzene rings is 3. The third kappa shape index (κ3) is 4.66. The van der Waals surface area contributed by atoms with Crippen LogP contribution in [0.5, 0.6) is 17.2 Å². The van der Waals surface area contributed by atoms with Gasteiger partial charge < -0.3 is 19.1 Å². The van der Waals surface area contributed by atoms with Gasteiger partial charge in [-0.05, 0) is 23.3 Å². The fourth-order valence-corrected chi connectivity index (χ4v) is 4.51. The Morgan fingerprint density at radius 1 is 0.697 bits per heavy atom. The summed E-state index contributed by atoms with van der Waals surface area (Å²) in [6.45, 7) is 2.81. The maximum atomic E-state index is 13.4. The third-order valence-corrected chi connectivity index (χ3v) is 6.13. The molecule has 3 aromatic rings. The van der Waals surface area contributed by atoms with E-state index < -0.39 is 0 Å². The molecular formula is C27H30N2O4. The van der Waals surface area contributed by atoms with Gasteiger partial charge in [0, 0.05) is 26.2 Å². The van der Waals surface area contributed by atoms with E-state index in [1.165, 1.54) is 18.2 Å². The van der Waals surface area contributed by atoms with Gasteiger partial charge in [0.1, 0.15) is 0 Å². The Bertz CT molecular complexity index is 1020. The van der Waals surface area contributed by atoms with Crippen molar-refractivity contribution in [2.24, 2.45) is 0 Å². The lowest BCUT2D eigenvalue weighted by atomic mass is 9.96. The molecule has 0 aliphatic carbocycles. The van der Waals surface area contributed by atoms with E-state index in [2.05, 4.69) is 53.4 Å². The highest BCUT2D eigenvalue weighted by molar-refractivity contribution is 5.98. The Hall–Kier alpha value is -3.51. The molecule has 3 aromatic carbocycles. The molecule has 1 aliphatic rings. The Labute approximate surface area is 195 Å². The Kier molecular flexibility index (Phi) is 7.15. The van der Waals surface area contributed by atoms with E-state index in [4.69, 9.17) is 14.2 Å². The fourth-order valence-electron chi connectivity index (χ4n) is 4.51. The number of nitrogens with zero attached hydrogens (tertiary/aromatic N) is 2. The van der Waals surface area contributed by atoms with Gasteiger partial charge in [0.2, 0.25) is 5.75 Å². The maximum Gasteiger partial charge on any atom is 0.257 e. The van der Waals surface area contributed by atoms with E-state index in [1.54, 1.807) is 26.4 Å². The first kappa shape index (κ1) is 22.7. The first-order chi connectivity index (χ1) is 16.2. The highest BCUT2D eigenvalue weighted by atomic mass is 16.5. The van der Waals surface area contributed by atoms with Crippen LogP contribution in [0, 0.1) is 0 Å². The molecule has 0 atom stereocenters. The molecule has 1 aliphatic heterocycles. The lowest BCUT2D eigenvalue weighted by Gasteiger charge is -2.40. The molecule has 6 heteroatoms. The SMILES string of the molecule is COc1ccc(C(=O)N2CCN(C(c3ccccc3)c3ccccc3)CC2)c(OC)c1OC. The number of methoxy groups -OCH3 is 3. The van der Waals surface area contributed by atoms with Gasteiger partial charge in [-0.25, -0.2) is 0 Å². The van der Waals surface area contributed by atoms with Crippen LogP contribution in [0.2, 0.25) is 0 Å². The summed E-state index contributed by atoms with van der Waals surface area (Å²) in [5, 5.41) is 0. The van der Waals surface area contributed by atoms with Gasteiger partial charge >= 0.3 is 0 Å². The molecule has 0 unspecified atom stereocenters. The summed E-state index contributed by atoms with van der Waals surface area (Å²) in [7, 11) is 4.64. The first-order valence-electron chi connectivity index (χ1n) is 11.1. The summed E-state index contributed by atoms with van der Waals surface area (Å²) >= 11 is 0. The van der Waals surface area contributed by atoms with E-state index in [9.17, 15) is 4.79 Å². The van der Waals surface area contributed by atoms with Gasteiger partial charge in [0.05, 0.1) is 32.9 Å². The van der Waals surface area contributed by atoms with Gasteiger partial charge in [-0.1, -0.05) is 60.7 Å². The molecule has 0 radical (unpaired) electrons. The summed E-state index contributed by atoms with van der Waals surface area (Å²) < 4.78 is 16.3. The second kappa shape index (κ2) is 10.4. The quantitative estimate of drug-likeness (QED) is 0.543. The van der Waals surface area contributed by atoms with Crippen molar-refractivity contribution in [1.29, 1.82) is 0 Å². The average molecular weight is 447 g/mol. The van der Waals surface area contributed by atoms with Crippen molar-refractivity contribution in [2.45, 2.75) is 6.04 Å². The Balaban J connectivity index is 1.54. The lowest BCUT2D eigenvalue weighted by molar-refractivity contribution is 0.0593. The smallest absolute Gasteiger partial charge is 0.257 e. The second-order valence-corrected chi connectivity index (χ2v) is 7.93. The molecule has 4 rings (SSSR count). The summed E-state index contributed by atoms with van der Waals surface area (Å²) in [6.07, 6.45) is 0. The van der Waals surface area contributed by atoms with Crippen LogP contribution >= 0.6 is 0 Å². The molecule has 0 spiro atoms. The monoisotopic (exact) mass is 446 g/mol. The van der Waals surface area contributed by atoms with E-state index in [0.717, 1.165) is 13.1 Å². The molecule has 1 saturated heterocycles. The number of rotatable bonds is 7. The number of carbonyl (C=O) groups is 1. The predicted molar refractivity (Wildman–Crippen MR) is 128 cm³/mol. The van der Waals surface area contributed by atoms with Crippen molar-refractivity contribution in [3.8, 4) is 17.2 Å². The zero-order valence-corrected chi connectivity index (χ0v) is 19.4. The molecule has 0 aromatic heterocycles. The summed E-state index contributed by atoms with van der Waals surface area (Å²) in [6, 6.07) is 24.7. The van der Waals surface area contributed by atoms with Crippen molar-refractivity contribution < 1.29 is 19.0 Å². The maximum absolute atomic E-state index is 13.4. The normalized spacial score (nSPS) is 14.2. The minimum atomic E-state index is -0.0663. The molecule has 33 heavy (non-hydrogen) atoms. The van der Waals surface area contributed by atoms with E-state index in [-0.39, 0.29) is 11.9 Å². The molecule has 1 amide bonds. The lowest BCUT2D eigenvalue weighted by Crippen LogP contribution is -2.49. The summed E-state index contributed by atoms with van der Waals surface area (Å²) in [5.74, 6) is 1.29. The van der Waals surface area contributed by atoms with Crippen LogP contribution in [0.4, 0.5) is 0 Å². The van der Waals surface area contributed by atoms with Crippen LogP contribution in [0.3, 0.4) is 0 Å². The van der Waals surface area contributed by atoms with Crippen LogP contribution in [0.25, 0.3) is 0 Å². The Morgan fingerprint density at radius 3 is 1.73 bits per heavy atom. The Morgan fingerprint density at radius 2 is 1.24 bits per heavy atom.